The summed E-state index contributed by atoms with van der Waals surface area (Å²) in [6, 6.07) is 3.91. The molecule has 16 heteroatoms. The molecule has 12 nitrogen and oxygen atoms in total. The molecule has 0 aliphatic rings. The molecule has 0 bridgehead atoms. The monoisotopic (exact) mass is 574 g/mol. The largest absolute Gasteiger partial charge is 0.419 e. The van der Waals surface area contributed by atoms with Gasteiger partial charge in [-0.2, -0.15) is 13.2 Å². The van der Waals surface area contributed by atoms with Gasteiger partial charge in [0.05, 0.1) is 37.9 Å². The second kappa shape index (κ2) is 11.2. The zero-order valence-corrected chi connectivity index (χ0v) is 22.0. The Morgan fingerprint density at radius 3 is 2.63 bits per heavy atom. The van der Waals surface area contributed by atoms with Gasteiger partial charge in [0.2, 0.25) is 12.2 Å². The number of aryl methyl sites for hydroxylation is 1. The van der Waals surface area contributed by atoms with Crippen LogP contribution < -0.4 is 10.6 Å². The zero-order chi connectivity index (χ0) is 29.9. The Morgan fingerprint density at radius 2 is 1.93 bits per heavy atom. The van der Waals surface area contributed by atoms with Gasteiger partial charge in [-0.25, -0.2) is 19.3 Å². The lowest BCUT2D eigenvalue weighted by molar-refractivity contribution is -0.898. The highest BCUT2D eigenvalue weighted by Crippen LogP contribution is 2.34. The number of amides is 1. The van der Waals surface area contributed by atoms with Crippen LogP contribution in [-0.4, -0.2) is 60.5 Å². The number of pyridine rings is 1. The SMILES string of the molecule is Cn1cnc([N+](=O)[O-])c1C[N+](C)(C)CC=CC(=O)Nc1cc2c(Nc3ccc(F)c(C(F)(F)F)c3)ncnc2cn1. The number of benzene rings is 1. The first kappa shape index (κ1) is 29.0. The molecule has 0 saturated heterocycles. The summed E-state index contributed by atoms with van der Waals surface area (Å²) in [7, 11) is 5.36. The number of imidazole rings is 1. The summed E-state index contributed by atoms with van der Waals surface area (Å²) in [5, 5.41) is 16.9. The van der Waals surface area contributed by atoms with Crippen LogP contribution in [0.15, 0.2) is 55.3 Å². The van der Waals surface area contributed by atoms with Crippen molar-refractivity contribution in [2.24, 2.45) is 7.05 Å². The van der Waals surface area contributed by atoms with Crippen LogP contribution in [-0.2, 0) is 24.6 Å². The molecule has 41 heavy (non-hydrogen) atoms. The first-order chi connectivity index (χ1) is 19.2. The van der Waals surface area contributed by atoms with E-state index in [1.807, 2.05) is 14.1 Å². The highest BCUT2D eigenvalue weighted by atomic mass is 19.4. The lowest BCUT2D eigenvalue weighted by Gasteiger charge is -2.27. The number of alkyl halides is 3. The van der Waals surface area contributed by atoms with Gasteiger partial charge in [-0.3, -0.25) is 4.79 Å². The van der Waals surface area contributed by atoms with Gasteiger partial charge in [-0.15, -0.1) is 0 Å². The summed E-state index contributed by atoms with van der Waals surface area (Å²) in [6.45, 7) is 0.652. The molecule has 0 fully saturated rings. The van der Waals surface area contributed by atoms with E-state index < -0.39 is 28.4 Å². The van der Waals surface area contributed by atoms with E-state index in [4.69, 9.17) is 0 Å². The van der Waals surface area contributed by atoms with Crippen molar-refractivity contribution < 1.29 is 31.8 Å². The van der Waals surface area contributed by atoms with Crippen molar-refractivity contribution >= 4 is 40.0 Å². The van der Waals surface area contributed by atoms with Crippen LogP contribution in [0.3, 0.4) is 0 Å². The van der Waals surface area contributed by atoms with E-state index >= 15 is 0 Å². The van der Waals surface area contributed by atoms with Gasteiger partial charge < -0.3 is 29.8 Å². The number of anilines is 3. The molecule has 3 heterocycles. The quantitative estimate of drug-likeness (QED) is 0.0989. The van der Waals surface area contributed by atoms with Gasteiger partial charge in [0.1, 0.15) is 30.3 Å². The average molecular weight is 575 g/mol. The number of hydrogen-bond donors (Lipinski definition) is 2. The molecule has 0 spiro atoms. The van der Waals surface area contributed by atoms with E-state index in [0.29, 0.717) is 46.3 Å². The van der Waals surface area contributed by atoms with Crippen LogP contribution in [0.4, 0.5) is 40.7 Å². The van der Waals surface area contributed by atoms with Crippen LogP contribution in [0.2, 0.25) is 0 Å². The first-order valence-corrected chi connectivity index (χ1v) is 11.9. The van der Waals surface area contributed by atoms with Crippen LogP contribution >= 0.6 is 0 Å². The molecule has 0 unspecified atom stereocenters. The smallest absolute Gasteiger partial charge is 0.358 e. The van der Waals surface area contributed by atoms with Crippen molar-refractivity contribution in [3.63, 3.8) is 0 Å². The fourth-order valence-electron chi connectivity index (χ4n) is 3.94. The fraction of sp³-hybridized carbons (Fsp3) is 0.240. The standard InChI is InChI=1S/C25H23F4N9O3/c1-36-14-33-24(37(40)41)20(36)12-38(2,3)8-4-5-22(39)35-21-10-16-19(11-30-21)31-13-32-23(16)34-15-6-7-18(26)17(9-15)25(27,28)29/h4-7,9-11,13-14H,8,12H2,1-3H3,(H-,30,31,32,34,35,39)/p+1. The lowest BCUT2D eigenvalue weighted by atomic mass is 10.1. The number of carbonyl (C=O) groups is 1. The summed E-state index contributed by atoms with van der Waals surface area (Å²) >= 11 is 0. The highest BCUT2D eigenvalue weighted by molar-refractivity contribution is 6.00. The van der Waals surface area contributed by atoms with Crippen molar-refractivity contribution in [1.29, 1.82) is 0 Å². The second-order valence-corrected chi connectivity index (χ2v) is 9.68. The first-order valence-electron chi connectivity index (χ1n) is 11.9. The number of hydrogen-bond acceptors (Lipinski definition) is 8. The molecule has 4 aromatic rings. The van der Waals surface area contributed by atoms with E-state index in [1.54, 1.807) is 17.7 Å². The van der Waals surface area contributed by atoms with Crippen molar-refractivity contribution in [2.75, 3.05) is 31.3 Å². The normalized spacial score (nSPS) is 12.2. The maximum absolute atomic E-state index is 13.7. The van der Waals surface area contributed by atoms with Crippen molar-refractivity contribution in [3.8, 4) is 0 Å². The molecule has 1 aromatic carbocycles. The summed E-state index contributed by atoms with van der Waals surface area (Å²) in [5.41, 5.74) is -0.693. The van der Waals surface area contributed by atoms with Crippen LogP contribution in [0, 0.1) is 15.9 Å². The number of nitrogens with zero attached hydrogens (tertiary/aromatic N) is 7. The van der Waals surface area contributed by atoms with Crippen LogP contribution in [0.5, 0.6) is 0 Å². The summed E-state index contributed by atoms with van der Waals surface area (Å²) < 4.78 is 54.9. The van der Waals surface area contributed by atoms with Crippen LogP contribution in [0.25, 0.3) is 10.9 Å². The average Bonchev–Trinajstić information content (AvgIpc) is 3.24. The Kier molecular flexibility index (Phi) is 7.95. The Hall–Kier alpha value is -4.99. The molecular formula is C25H24F4N9O3+. The number of nitrogens with one attached hydrogen (secondary N) is 2. The van der Waals surface area contributed by atoms with Crippen molar-refractivity contribution in [2.45, 2.75) is 12.7 Å². The Bertz CT molecular complexity index is 1650. The Labute approximate surface area is 230 Å². The number of carbonyl (C=O) groups excluding carboxylic acids is 1. The molecule has 4 rings (SSSR count). The minimum absolute atomic E-state index is 0.0544. The molecule has 0 saturated carbocycles. The maximum Gasteiger partial charge on any atom is 0.419 e. The Balaban J connectivity index is 1.46. The van der Waals surface area contributed by atoms with Gasteiger partial charge in [0, 0.05) is 24.2 Å². The number of rotatable bonds is 9. The molecule has 3 aromatic heterocycles. The predicted molar refractivity (Wildman–Crippen MR) is 140 cm³/mol. The topological polar surface area (TPSA) is 141 Å². The van der Waals surface area contributed by atoms with Crippen molar-refractivity contribution in [3.05, 3.63) is 82.5 Å². The highest BCUT2D eigenvalue weighted by Gasteiger charge is 2.34. The molecule has 1 amide bonds. The molecule has 2 N–H and O–H groups in total. The van der Waals surface area contributed by atoms with E-state index in [-0.39, 0.29) is 23.1 Å². The third-order valence-corrected chi connectivity index (χ3v) is 5.96. The summed E-state index contributed by atoms with van der Waals surface area (Å²) in [6.07, 6.45) is 1.94. The van der Waals surface area contributed by atoms with Gasteiger partial charge >= 0.3 is 12.0 Å². The number of fused-ring (bicyclic) bond motifs is 1. The number of aromatic nitrogens is 5. The molecule has 0 radical (unpaired) electrons. The second-order valence-electron chi connectivity index (χ2n) is 9.68. The fourth-order valence-corrected chi connectivity index (χ4v) is 3.94. The Morgan fingerprint density at radius 1 is 1.17 bits per heavy atom. The lowest BCUT2D eigenvalue weighted by Crippen LogP contribution is -2.39. The summed E-state index contributed by atoms with van der Waals surface area (Å²) in [4.78, 5) is 39.3. The van der Waals surface area contributed by atoms with Gasteiger partial charge in [0.15, 0.2) is 5.69 Å². The molecule has 0 atom stereocenters. The van der Waals surface area contributed by atoms with Crippen molar-refractivity contribution in [1.82, 2.24) is 24.5 Å². The third kappa shape index (κ3) is 6.96. The van der Waals surface area contributed by atoms with Gasteiger partial charge in [-0.05, 0) is 40.2 Å². The minimum atomic E-state index is -4.88. The number of nitro groups is 1. The predicted octanol–water partition coefficient (Wildman–Crippen LogP) is 4.34. The number of likely N-dealkylation sites (N-methyl/N-ethyl adjacent to an activating group) is 1. The van der Waals surface area contributed by atoms with E-state index in [9.17, 15) is 32.5 Å². The van der Waals surface area contributed by atoms with Crippen LogP contribution in [0.1, 0.15) is 11.3 Å². The summed E-state index contributed by atoms with van der Waals surface area (Å²) in [5.74, 6) is -1.90. The van der Waals surface area contributed by atoms with E-state index in [2.05, 4.69) is 30.6 Å². The maximum atomic E-state index is 13.7. The number of quaternary nitrogens is 1. The molecular weight excluding hydrogens is 550 g/mol. The van der Waals surface area contributed by atoms with Gasteiger partial charge in [-0.1, -0.05) is 0 Å². The number of halogens is 4. The molecule has 0 aliphatic heterocycles. The van der Waals surface area contributed by atoms with E-state index in [0.717, 1.165) is 6.07 Å². The zero-order valence-electron chi connectivity index (χ0n) is 22.0. The third-order valence-electron chi connectivity index (χ3n) is 5.96. The molecule has 214 valence electrons. The minimum Gasteiger partial charge on any atom is -0.358 e. The molecule has 0 aliphatic carbocycles. The van der Waals surface area contributed by atoms with E-state index in [1.165, 1.54) is 31.0 Å². The van der Waals surface area contributed by atoms with Gasteiger partial charge in [0.25, 0.3) is 0 Å².